The highest BCUT2D eigenvalue weighted by Crippen LogP contribution is 2.27. The molecule has 0 saturated carbocycles. The molecule has 0 fully saturated rings. The van der Waals surface area contributed by atoms with Crippen LogP contribution in [-0.4, -0.2) is 34.5 Å². The van der Waals surface area contributed by atoms with Gasteiger partial charge in [0.15, 0.2) is 0 Å². The Morgan fingerprint density at radius 1 is 1.06 bits per heavy atom. The van der Waals surface area contributed by atoms with Gasteiger partial charge in [0.25, 0.3) is 0 Å². The molecular weight excluding hydrogens is 434 g/mol. The molecule has 2 aromatic carbocycles. The van der Waals surface area contributed by atoms with Crippen LogP contribution in [0, 0.1) is 6.92 Å². The van der Waals surface area contributed by atoms with Crippen molar-refractivity contribution in [2.45, 2.75) is 46.8 Å². The van der Waals surface area contributed by atoms with E-state index in [1.165, 1.54) is 22.7 Å². The molecule has 0 spiro atoms. The molecule has 3 heterocycles. The number of aromatic amines is 1. The van der Waals surface area contributed by atoms with E-state index in [0.29, 0.717) is 12.4 Å². The zero-order valence-electron chi connectivity index (χ0n) is 18.9. The minimum atomic E-state index is 0.483. The summed E-state index contributed by atoms with van der Waals surface area (Å²) in [5, 5.41) is 14.5. The van der Waals surface area contributed by atoms with Crippen molar-refractivity contribution in [1.29, 1.82) is 0 Å². The topological polar surface area (TPSA) is 94.4 Å². The smallest absolute Gasteiger partial charge is 0.204 e. The van der Waals surface area contributed by atoms with Crippen molar-refractivity contribution in [1.82, 2.24) is 34.5 Å². The van der Waals surface area contributed by atoms with E-state index < -0.39 is 0 Å². The number of imidazole rings is 1. The summed E-state index contributed by atoms with van der Waals surface area (Å²) in [6.07, 6.45) is 1.75. The second kappa shape index (κ2) is 9.11. The van der Waals surface area contributed by atoms with E-state index >= 15 is 0 Å². The first-order valence-electron chi connectivity index (χ1n) is 11.1. The van der Waals surface area contributed by atoms with Crippen LogP contribution in [0.5, 0.6) is 5.75 Å². The normalized spacial score (nSPS) is 11.4. The highest BCUT2D eigenvalue weighted by atomic mass is 32.1. The van der Waals surface area contributed by atoms with Crippen molar-refractivity contribution >= 4 is 21.9 Å². The van der Waals surface area contributed by atoms with E-state index in [2.05, 4.69) is 61.6 Å². The molecule has 0 aliphatic heterocycles. The highest BCUT2D eigenvalue weighted by Gasteiger charge is 2.15. The number of hydrogen-bond acceptors (Lipinski definition) is 7. The standard InChI is InChI=1S/C24H25N7OS/c1-4-19-17(7-6-8-20(19)23-26-29-30-27-23)14-32-18-11-9-16(10-12-18)13-31-21(5-2)25-22-15(3)28-33-24(22)31/h6-12H,4-5,13-14H2,1-3H3,(H,26,27,29,30). The summed E-state index contributed by atoms with van der Waals surface area (Å²) >= 11 is 1.52. The minimum absolute atomic E-state index is 0.483. The molecule has 168 valence electrons. The number of aryl methyl sites for hydroxylation is 2. The predicted octanol–water partition coefficient (Wildman–Crippen LogP) is 4.73. The van der Waals surface area contributed by atoms with E-state index in [9.17, 15) is 0 Å². The summed E-state index contributed by atoms with van der Waals surface area (Å²) in [5.74, 6) is 2.54. The number of ether oxygens (including phenoxy) is 1. The van der Waals surface area contributed by atoms with Crippen LogP contribution in [0.25, 0.3) is 21.7 Å². The third-order valence-electron chi connectivity index (χ3n) is 5.80. The van der Waals surface area contributed by atoms with Gasteiger partial charge in [-0.1, -0.05) is 44.2 Å². The van der Waals surface area contributed by atoms with Crippen molar-refractivity contribution < 1.29 is 4.74 Å². The third kappa shape index (κ3) is 4.11. The van der Waals surface area contributed by atoms with Gasteiger partial charge in [0.1, 0.15) is 28.5 Å². The lowest BCUT2D eigenvalue weighted by molar-refractivity contribution is 0.305. The van der Waals surface area contributed by atoms with Gasteiger partial charge in [0.2, 0.25) is 5.82 Å². The van der Waals surface area contributed by atoms with Gasteiger partial charge < -0.3 is 9.30 Å². The third-order valence-corrected chi connectivity index (χ3v) is 6.75. The van der Waals surface area contributed by atoms with Crippen molar-refractivity contribution in [2.24, 2.45) is 0 Å². The van der Waals surface area contributed by atoms with Gasteiger partial charge in [-0.25, -0.2) is 4.98 Å². The Hall–Kier alpha value is -3.59. The molecule has 0 aliphatic rings. The lowest BCUT2D eigenvalue weighted by atomic mass is 9.99. The molecule has 1 N–H and O–H groups in total. The van der Waals surface area contributed by atoms with E-state index in [1.807, 2.05) is 31.2 Å². The van der Waals surface area contributed by atoms with Crippen LogP contribution in [0.15, 0.2) is 42.5 Å². The maximum atomic E-state index is 6.12. The Balaban J connectivity index is 1.31. The molecule has 0 amide bonds. The lowest BCUT2D eigenvalue weighted by Gasteiger charge is -2.13. The van der Waals surface area contributed by atoms with E-state index in [4.69, 9.17) is 9.72 Å². The number of rotatable bonds is 8. The molecule has 0 aliphatic carbocycles. The van der Waals surface area contributed by atoms with Gasteiger partial charge in [0, 0.05) is 12.0 Å². The molecule has 0 bridgehead atoms. The fraction of sp³-hybridized carbons (Fsp3) is 0.292. The summed E-state index contributed by atoms with van der Waals surface area (Å²) in [6.45, 7) is 7.54. The van der Waals surface area contributed by atoms with Crippen LogP contribution < -0.4 is 4.74 Å². The molecular formula is C24H25N7OS. The number of H-pyrrole nitrogens is 1. The van der Waals surface area contributed by atoms with E-state index in [0.717, 1.165) is 58.1 Å². The van der Waals surface area contributed by atoms with Gasteiger partial charge in [-0.2, -0.15) is 9.59 Å². The SMILES string of the molecule is CCc1c(COc2ccc(Cn3c(CC)nc4c(C)nsc43)cc2)cccc1-c1nn[nH]n1. The number of benzene rings is 2. The van der Waals surface area contributed by atoms with Gasteiger partial charge in [-0.05, 0) is 58.9 Å². The molecule has 0 saturated heterocycles. The Labute approximate surface area is 195 Å². The van der Waals surface area contributed by atoms with Crippen LogP contribution in [0.1, 0.15) is 42.1 Å². The maximum absolute atomic E-state index is 6.12. The molecule has 8 nitrogen and oxygen atoms in total. The van der Waals surface area contributed by atoms with E-state index in [-0.39, 0.29) is 0 Å². The number of aromatic nitrogens is 7. The number of tetrazole rings is 1. The van der Waals surface area contributed by atoms with Crippen molar-refractivity contribution in [3.63, 3.8) is 0 Å². The molecule has 5 aromatic rings. The number of nitrogens with one attached hydrogen (secondary N) is 1. The van der Waals surface area contributed by atoms with Crippen LogP contribution in [-0.2, 0) is 26.0 Å². The Bertz CT molecular complexity index is 1370. The second-order valence-electron chi connectivity index (χ2n) is 7.85. The van der Waals surface area contributed by atoms with Crippen molar-refractivity contribution in [2.75, 3.05) is 0 Å². The first-order chi connectivity index (χ1) is 16.2. The molecule has 9 heteroatoms. The number of fused-ring (bicyclic) bond motifs is 1. The average Bonchev–Trinajstić information content (AvgIpc) is 3.58. The monoisotopic (exact) mass is 459 g/mol. The first kappa shape index (κ1) is 21.3. The molecule has 0 radical (unpaired) electrons. The van der Waals surface area contributed by atoms with Crippen molar-refractivity contribution in [3.8, 4) is 17.1 Å². The van der Waals surface area contributed by atoms with Gasteiger partial charge in [0.05, 0.1) is 12.2 Å². The van der Waals surface area contributed by atoms with Gasteiger partial charge in [-0.15, -0.1) is 10.2 Å². The second-order valence-corrected chi connectivity index (χ2v) is 8.61. The quantitative estimate of drug-likeness (QED) is 0.360. The average molecular weight is 460 g/mol. The zero-order chi connectivity index (χ0) is 22.8. The van der Waals surface area contributed by atoms with E-state index in [1.54, 1.807) is 0 Å². The maximum Gasteiger partial charge on any atom is 0.204 e. The zero-order valence-corrected chi connectivity index (χ0v) is 19.7. The molecule has 0 atom stereocenters. The van der Waals surface area contributed by atoms with Gasteiger partial charge in [-0.3, -0.25) is 0 Å². The Morgan fingerprint density at radius 3 is 2.64 bits per heavy atom. The molecule has 33 heavy (non-hydrogen) atoms. The van der Waals surface area contributed by atoms with Crippen molar-refractivity contribution in [3.05, 3.63) is 70.7 Å². The summed E-state index contributed by atoms with van der Waals surface area (Å²) in [5.41, 5.74) is 6.51. The molecule has 5 rings (SSSR count). The lowest BCUT2D eigenvalue weighted by Crippen LogP contribution is -2.04. The van der Waals surface area contributed by atoms with Gasteiger partial charge >= 0.3 is 0 Å². The summed E-state index contributed by atoms with van der Waals surface area (Å²) in [6, 6.07) is 14.4. The fourth-order valence-corrected chi connectivity index (χ4v) is 4.96. The first-order valence-corrected chi connectivity index (χ1v) is 11.8. The van der Waals surface area contributed by atoms with Crippen LogP contribution in [0.3, 0.4) is 0 Å². The van der Waals surface area contributed by atoms with Crippen LogP contribution in [0.2, 0.25) is 0 Å². The fourth-order valence-electron chi connectivity index (χ4n) is 4.11. The highest BCUT2D eigenvalue weighted by molar-refractivity contribution is 7.13. The summed E-state index contributed by atoms with van der Waals surface area (Å²) in [4.78, 5) is 5.92. The van der Waals surface area contributed by atoms with Crippen LogP contribution in [0.4, 0.5) is 0 Å². The molecule has 3 aromatic heterocycles. The molecule has 0 unspecified atom stereocenters. The number of hydrogen-bond donors (Lipinski definition) is 1. The Kier molecular flexibility index (Phi) is 5.87. The largest absolute Gasteiger partial charge is 0.489 e. The summed E-state index contributed by atoms with van der Waals surface area (Å²) in [7, 11) is 0. The van der Waals surface area contributed by atoms with Crippen LogP contribution >= 0.6 is 11.5 Å². The Morgan fingerprint density at radius 2 is 1.91 bits per heavy atom. The predicted molar refractivity (Wildman–Crippen MR) is 128 cm³/mol. The minimum Gasteiger partial charge on any atom is -0.489 e. The summed E-state index contributed by atoms with van der Waals surface area (Å²) < 4.78 is 12.9. The number of nitrogens with zero attached hydrogens (tertiary/aromatic N) is 6.